The fraction of sp³-hybridized carbons (Fsp3) is 0.303. The summed E-state index contributed by atoms with van der Waals surface area (Å²) >= 11 is 1.99. The molecule has 2 heteroatoms. The number of hydrogen-bond donors (Lipinski definition) is 0. The summed E-state index contributed by atoms with van der Waals surface area (Å²) in [5.41, 5.74) is 7.21. The number of benzene rings is 4. The normalized spacial score (nSPS) is 13.3. The van der Waals surface area contributed by atoms with Crippen LogP contribution < -0.4 is 4.57 Å². The molecule has 6 rings (SSSR count). The fourth-order valence-electron chi connectivity index (χ4n) is 5.87. The van der Waals surface area contributed by atoms with E-state index < -0.39 is 0 Å². The van der Waals surface area contributed by atoms with Crippen LogP contribution in [0.1, 0.15) is 51.3 Å². The third-order valence-electron chi connectivity index (χ3n) is 7.66. The van der Waals surface area contributed by atoms with E-state index in [4.69, 9.17) is 0 Å². The summed E-state index contributed by atoms with van der Waals surface area (Å²) < 4.78 is 2.35. The van der Waals surface area contributed by atoms with E-state index in [-0.39, 0.29) is 5.41 Å². The minimum Gasteiger partial charge on any atom is -0.200 e. The van der Waals surface area contributed by atoms with E-state index in [0.717, 1.165) is 6.42 Å². The van der Waals surface area contributed by atoms with Crippen molar-refractivity contribution in [2.24, 2.45) is 13.0 Å². The zero-order valence-electron chi connectivity index (χ0n) is 21.9. The Bertz CT molecular complexity index is 1670. The van der Waals surface area contributed by atoms with Crippen molar-refractivity contribution in [1.29, 1.82) is 0 Å². The van der Waals surface area contributed by atoms with Gasteiger partial charge in [0.15, 0.2) is 6.20 Å². The number of pyridine rings is 1. The minimum absolute atomic E-state index is 0.126. The maximum absolute atomic E-state index is 2.44. The Kier molecular flexibility index (Phi) is 5.06. The van der Waals surface area contributed by atoms with Crippen molar-refractivity contribution in [2.75, 3.05) is 0 Å². The second kappa shape index (κ2) is 7.83. The minimum atomic E-state index is 0.126. The van der Waals surface area contributed by atoms with Gasteiger partial charge in [-0.2, -0.15) is 0 Å². The molecule has 0 aliphatic carbocycles. The van der Waals surface area contributed by atoms with Gasteiger partial charge in [0.1, 0.15) is 7.05 Å². The molecule has 4 aromatic carbocycles. The molecule has 0 bridgehead atoms. The first-order valence-electron chi connectivity index (χ1n) is 12.8. The molecule has 0 saturated carbocycles. The number of aryl methyl sites for hydroxylation is 2. The Labute approximate surface area is 213 Å². The van der Waals surface area contributed by atoms with Gasteiger partial charge in [-0.25, -0.2) is 4.57 Å². The van der Waals surface area contributed by atoms with E-state index in [1.807, 2.05) is 11.8 Å². The van der Waals surface area contributed by atoms with Gasteiger partial charge in [-0.15, -0.1) is 0 Å². The van der Waals surface area contributed by atoms with Crippen LogP contribution in [0.25, 0.3) is 43.6 Å². The summed E-state index contributed by atoms with van der Waals surface area (Å²) in [5, 5.41) is 8.27. The fourth-order valence-corrected chi connectivity index (χ4v) is 7.25. The highest BCUT2D eigenvalue weighted by Crippen LogP contribution is 2.53. The standard InChI is InChI=1S/C33H34NS/c1-19(2)16-27-24-11-9-8-10-23(24)20(3)29-31-30-25(14-15-34(31)7)26-18-22(33(4,5)6)13-12-21(26)17-28(30)35-32(27)29/h8-15,17-19H,16H2,1-7H3/q+1. The zero-order valence-corrected chi connectivity index (χ0v) is 22.7. The lowest BCUT2D eigenvalue weighted by atomic mass is 9.84. The quantitative estimate of drug-likeness (QED) is 0.178. The molecule has 0 unspecified atom stereocenters. The van der Waals surface area contributed by atoms with Crippen LogP contribution in [0.3, 0.4) is 0 Å². The Morgan fingerprint density at radius 1 is 0.886 bits per heavy atom. The summed E-state index contributed by atoms with van der Waals surface area (Å²) in [6.45, 7) is 13.9. The lowest BCUT2D eigenvalue weighted by Gasteiger charge is -2.26. The summed E-state index contributed by atoms with van der Waals surface area (Å²) in [6, 6.07) is 20.8. The van der Waals surface area contributed by atoms with Crippen molar-refractivity contribution in [1.82, 2.24) is 0 Å². The molecule has 1 aliphatic rings. The van der Waals surface area contributed by atoms with Crippen molar-refractivity contribution >= 4 is 44.1 Å². The molecule has 0 N–H and O–H groups in total. The van der Waals surface area contributed by atoms with Crippen LogP contribution in [-0.2, 0) is 18.9 Å². The van der Waals surface area contributed by atoms with Gasteiger partial charge >= 0.3 is 0 Å². The molecule has 2 heterocycles. The van der Waals surface area contributed by atoms with Gasteiger partial charge in [0.2, 0.25) is 5.69 Å². The van der Waals surface area contributed by atoms with Crippen LogP contribution >= 0.6 is 11.8 Å². The number of nitrogens with zero attached hydrogens (tertiary/aromatic N) is 1. The third-order valence-corrected chi connectivity index (χ3v) is 8.86. The zero-order chi connectivity index (χ0) is 24.6. The van der Waals surface area contributed by atoms with Crippen molar-refractivity contribution in [3.8, 4) is 11.3 Å². The van der Waals surface area contributed by atoms with Gasteiger partial charge in [0.25, 0.3) is 0 Å². The number of rotatable bonds is 2. The van der Waals surface area contributed by atoms with Crippen molar-refractivity contribution in [3.63, 3.8) is 0 Å². The molecule has 35 heavy (non-hydrogen) atoms. The molecule has 0 saturated heterocycles. The van der Waals surface area contributed by atoms with Gasteiger partial charge < -0.3 is 0 Å². The van der Waals surface area contributed by atoms with Crippen molar-refractivity contribution < 1.29 is 4.57 Å². The van der Waals surface area contributed by atoms with Gasteiger partial charge in [-0.1, -0.05) is 82.8 Å². The van der Waals surface area contributed by atoms with Gasteiger partial charge in [0, 0.05) is 21.2 Å². The molecule has 1 nitrogen and oxygen atoms in total. The van der Waals surface area contributed by atoms with Crippen LogP contribution in [0.2, 0.25) is 0 Å². The van der Waals surface area contributed by atoms with E-state index in [9.17, 15) is 0 Å². The van der Waals surface area contributed by atoms with Gasteiger partial charge in [0.05, 0.1) is 10.9 Å². The molecule has 0 spiro atoms. The Morgan fingerprint density at radius 2 is 1.63 bits per heavy atom. The van der Waals surface area contributed by atoms with Crippen LogP contribution in [0, 0.1) is 12.8 Å². The second-order valence-electron chi connectivity index (χ2n) is 11.7. The molecule has 1 aliphatic heterocycles. The highest BCUT2D eigenvalue weighted by Gasteiger charge is 2.32. The summed E-state index contributed by atoms with van der Waals surface area (Å²) in [6.07, 6.45) is 3.36. The molecule has 0 amide bonds. The summed E-state index contributed by atoms with van der Waals surface area (Å²) in [4.78, 5) is 2.84. The smallest absolute Gasteiger partial charge is 0.200 e. The van der Waals surface area contributed by atoms with E-state index in [1.54, 1.807) is 0 Å². The molecule has 176 valence electrons. The first kappa shape index (κ1) is 22.6. The maximum Gasteiger partial charge on any atom is 0.222 e. The molecule has 0 radical (unpaired) electrons. The molecular formula is C33H34NS+. The van der Waals surface area contributed by atoms with Gasteiger partial charge in [-0.05, 0) is 75.0 Å². The molecule has 1 aromatic heterocycles. The predicted molar refractivity (Wildman–Crippen MR) is 152 cm³/mol. The monoisotopic (exact) mass is 476 g/mol. The van der Waals surface area contributed by atoms with Crippen molar-refractivity contribution in [2.45, 2.75) is 63.2 Å². The lowest BCUT2D eigenvalue weighted by molar-refractivity contribution is -0.659. The molecule has 0 atom stereocenters. The topological polar surface area (TPSA) is 3.88 Å². The number of fused-ring (bicyclic) bond motifs is 5. The van der Waals surface area contributed by atoms with Crippen LogP contribution in [-0.4, -0.2) is 0 Å². The number of hydrogen-bond acceptors (Lipinski definition) is 1. The first-order valence-corrected chi connectivity index (χ1v) is 13.6. The molecular weight excluding hydrogens is 442 g/mol. The summed E-state index contributed by atoms with van der Waals surface area (Å²) in [5.74, 6) is 0.601. The Hall–Kier alpha value is -2.84. The third kappa shape index (κ3) is 3.41. The van der Waals surface area contributed by atoms with Crippen molar-refractivity contribution in [3.05, 3.63) is 77.5 Å². The second-order valence-corrected chi connectivity index (χ2v) is 12.7. The number of aromatic nitrogens is 1. The average Bonchev–Trinajstić information content (AvgIpc) is 2.81. The summed E-state index contributed by atoms with van der Waals surface area (Å²) in [7, 11) is 2.21. The maximum atomic E-state index is 2.44. The van der Waals surface area contributed by atoms with Crippen LogP contribution in [0.5, 0.6) is 0 Å². The predicted octanol–water partition coefficient (Wildman–Crippen LogP) is 8.91. The van der Waals surface area contributed by atoms with Crippen LogP contribution in [0.4, 0.5) is 0 Å². The Balaban J connectivity index is 1.78. The van der Waals surface area contributed by atoms with E-state index >= 15 is 0 Å². The van der Waals surface area contributed by atoms with Gasteiger partial charge in [-0.3, -0.25) is 0 Å². The lowest BCUT2D eigenvalue weighted by Crippen LogP contribution is -2.32. The average molecular weight is 477 g/mol. The van der Waals surface area contributed by atoms with E-state index in [0.29, 0.717) is 5.92 Å². The Morgan fingerprint density at radius 3 is 2.34 bits per heavy atom. The highest BCUT2D eigenvalue weighted by atomic mass is 32.2. The van der Waals surface area contributed by atoms with E-state index in [2.05, 4.69) is 114 Å². The highest BCUT2D eigenvalue weighted by molar-refractivity contribution is 8.00. The SMILES string of the molecule is Cc1c2c(c(CC(C)C)c3ccccc13)Sc1cc3ccc(C(C)(C)C)cc3c3cc[n+](C)c-2c13. The first-order chi connectivity index (χ1) is 16.6. The van der Waals surface area contributed by atoms with E-state index in [1.165, 1.54) is 70.1 Å². The molecule has 0 fully saturated rings. The largest absolute Gasteiger partial charge is 0.222 e. The van der Waals surface area contributed by atoms with Crippen LogP contribution in [0.15, 0.2) is 70.6 Å². The molecule has 5 aromatic rings.